The fourth-order valence-corrected chi connectivity index (χ4v) is 6.87. The number of hydrogen-bond acceptors (Lipinski definition) is 5. The molecule has 1 aromatic carbocycles. The number of rotatable bonds is 3. The van der Waals surface area contributed by atoms with E-state index >= 15 is 0 Å². The van der Waals surface area contributed by atoms with Crippen LogP contribution in [-0.2, 0) is 22.2 Å². The summed E-state index contributed by atoms with van der Waals surface area (Å²) in [6.45, 7) is 16.1. The highest BCUT2D eigenvalue weighted by Crippen LogP contribution is 2.51. The summed E-state index contributed by atoms with van der Waals surface area (Å²) in [7, 11) is 2.12. The summed E-state index contributed by atoms with van der Waals surface area (Å²) in [4.78, 5) is 34.9. The van der Waals surface area contributed by atoms with E-state index in [9.17, 15) is 9.59 Å². The van der Waals surface area contributed by atoms with Gasteiger partial charge in [-0.15, -0.1) is 0 Å². The van der Waals surface area contributed by atoms with Gasteiger partial charge >= 0.3 is 6.09 Å². The molecule has 218 valence electrons. The van der Waals surface area contributed by atoms with Gasteiger partial charge in [-0.25, -0.2) is 9.78 Å². The summed E-state index contributed by atoms with van der Waals surface area (Å²) in [5, 5.41) is 0. The van der Waals surface area contributed by atoms with Crippen LogP contribution < -0.4 is 4.74 Å². The lowest BCUT2D eigenvalue weighted by atomic mass is 9.82. The Bertz CT molecular complexity index is 1300. The standard InChI is InChI=1S/C32H46N4O4/c1-9-10-25(37)35-17-14-32(15-18-35)27-26(23-12-11-21(2)19-24(23)39-32)33-28(34(27)8)22-13-16-36(31(6,7)20-22)29(38)40-30(3,4)5/h11-12,19,22H,9-10,13-18,20H2,1-8H3/t22-/m1/s1. The number of hydrogen-bond donors (Lipinski definition) is 0. The Morgan fingerprint density at radius 2 is 1.85 bits per heavy atom. The van der Waals surface area contributed by atoms with Crippen molar-refractivity contribution in [1.29, 1.82) is 0 Å². The summed E-state index contributed by atoms with van der Waals surface area (Å²) < 4.78 is 14.9. The van der Waals surface area contributed by atoms with Crippen LogP contribution in [0.3, 0.4) is 0 Å². The quantitative estimate of drug-likeness (QED) is 0.448. The van der Waals surface area contributed by atoms with Gasteiger partial charge in [0.15, 0.2) is 5.60 Å². The summed E-state index contributed by atoms with van der Waals surface area (Å²) in [6.07, 6.45) is 4.30. The molecule has 0 N–H and O–H groups in total. The number of carbonyl (C=O) groups excluding carboxylic acids is 2. The Morgan fingerprint density at radius 1 is 1.15 bits per heavy atom. The molecular formula is C32H46N4O4. The first-order chi connectivity index (χ1) is 18.7. The maximum Gasteiger partial charge on any atom is 0.410 e. The fraction of sp³-hybridized carbons (Fsp3) is 0.656. The molecule has 40 heavy (non-hydrogen) atoms. The van der Waals surface area contributed by atoms with E-state index in [1.54, 1.807) is 0 Å². The van der Waals surface area contributed by atoms with E-state index in [0.29, 0.717) is 26.1 Å². The van der Waals surface area contributed by atoms with Gasteiger partial charge < -0.3 is 23.8 Å². The summed E-state index contributed by atoms with van der Waals surface area (Å²) in [5.41, 5.74) is 2.88. The number of nitrogens with zero attached hydrogens (tertiary/aromatic N) is 4. The van der Waals surface area contributed by atoms with Crippen molar-refractivity contribution in [2.45, 2.75) is 110 Å². The van der Waals surface area contributed by atoms with Crippen molar-refractivity contribution in [2.75, 3.05) is 19.6 Å². The number of benzene rings is 1. The molecule has 0 unspecified atom stereocenters. The van der Waals surface area contributed by atoms with Crippen molar-refractivity contribution in [1.82, 2.24) is 19.4 Å². The van der Waals surface area contributed by atoms with Crippen LogP contribution in [0.5, 0.6) is 5.75 Å². The number of aryl methyl sites for hydroxylation is 1. The van der Waals surface area contributed by atoms with Crippen LogP contribution >= 0.6 is 0 Å². The van der Waals surface area contributed by atoms with Gasteiger partial charge in [-0.3, -0.25) is 4.79 Å². The topological polar surface area (TPSA) is 76.9 Å². The van der Waals surface area contributed by atoms with E-state index in [1.165, 1.54) is 0 Å². The molecule has 3 aliphatic rings. The zero-order chi connectivity index (χ0) is 29.0. The van der Waals surface area contributed by atoms with Crippen molar-refractivity contribution in [3.63, 3.8) is 0 Å². The third-order valence-corrected chi connectivity index (χ3v) is 8.80. The van der Waals surface area contributed by atoms with Crippen molar-refractivity contribution < 1.29 is 19.1 Å². The third kappa shape index (κ3) is 5.10. The summed E-state index contributed by atoms with van der Waals surface area (Å²) >= 11 is 0. The number of aromatic nitrogens is 2. The second kappa shape index (κ2) is 10.1. The Balaban J connectivity index is 1.48. The van der Waals surface area contributed by atoms with E-state index in [2.05, 4.69) is 57.5 Å². The third-order valence-electron chi connectivity index (χ3n) is 8.80. The van der Waals surface area contributed by atoms with Crippen molar-refractivity contribution in [3.05, 3.63) is 35.3 Å². The van der Waals surface area contributed by atoms with Crippen LogP contribution in [0.25, 0.3) is 11.3 Å². The smallest absolute Gasteiger partial charge is 0.410 e. The molecule has 2 amide bonds. The van der Waals surface area contributed by atoms with Crippen molar-refractivity contribution in [3.8, 4) is 17.0 Å². The average Bonchev–Trinajstić information content (AvgIpc) is 3.21. The highest BCUT2D eigenvalue weighted by molar-refractivity contribution is 5.77. The molecule has 1 aromatic heterocycles. The molecule has 8 nitrogen and oxygen atoms in total. The van der Waals surface area contributed by atoms with Gasteiger partial charge in [-0.2, -0.15) is 0 Å². The number of carbonyl (C=O) groups is 2. The van der Waals surface area contributed by atoms with Crippen LogP contribution in [0.4, 0.5) is 4.79 Å². The minimum Gasteiger partial charge on any atom is -0.480 e. The molecule has 2 fully saturated rings. The molecule has 8 heteroatoms. The molecule has 0 saturated carbocycles. The van der Waals surface area contributed by atoms with Crippen LogP contribution in [-0.4, -0.2) is 62.1 Å². The van der Waals surface area contributed by atoms with Gasteiger partial charge in [-0.05, 0) is 78.5 Å². The van der Waals surface area contributed by atoms with Crippen molar-refractivity contribution >= 4 is 12.0 Å². The number of amides is 2. The predicted molar refractivity (Wildman–Crippen MR) is 155 cm³/mol. The molecule has 1 spiro atoms. The first-order valence-electron chi connectivity index (χ1n) is 14.9. The Hall–Kier alpha value is -3.03. The van der Waals surface area contributed by atoms with Crippen LogP contribution in [0, 0.1) is 6.92 Å². The number of piperidine rings is 2. The minimum atomic E-state index is -0.528. The molecule has 4 heterocycles. The molecule has 5 rings (SSSR count). The Morgan fingerprint density at radius 3 is 2.48 bits per heavy atom. The zero-order valence-corrected chi connectivity index (χ0v) is 25.6. The summed E-state index contributed by atoms with van der Waals surface area (Å²) in [6, 6.07) is 6.36. The second-order valence-corrected chi connectivity index (χ2v) is 13.6. The van der Waals surface area contributed by atoms with Gasteiger partial charge in [0.05, 0.1) is 11.4 Å². The van der Waals surface area contributed by atoms with Gasteiger partial charge in [-0.1, -0.05) is 13.0 Å². The fourth-order valence-electron chi connectivity index (χ4n) is 6.87. The van der Waals surface area contributed by atoms with Gasteiger partial charge in [0.2, 0.25) is 5.91 Å². The number of likely N-dealkylation sites (tertiary alicyclic amines) is 2. The van der Waals surface area contributed by atoms with Gasteiger partial charge in [0, 0.05) is 63.0 Å². The monoisotopic (exact) mass is 550 g/mol. The molecule has 3 aliphatic heterocycles. The largest absolute Gasteiger partial charge is 0.480 e. The Kier molecular flexibility index (Phi) is 7.20. The lowest BCUT2D eigenvalue weighted by Crippen LogP contribution is -2.54. The van der Waals surface area contributed by atoms with Gasteiger partial charge in [0.25, 0.3) is 0 Å². The van der Waals surface area contributed by atoms with Crippen LogP contribution in [0.15, 0.2) is 18.2 Å². The molecule has 0 bridgehead atoms. The Labute approximate surface area is 239 Å². The van der Waals surface area contributed by atoms with E-state index in [-0.39, 0.29) is 23.5 Å². The van der Waals surface area contributed by atoms with E-state index in [1.807, 2.05) is 30.6 Å². The molecular weight excluding hydrogens is 504 g/mol. The predicted octanol–water partition coefficient (Wildman–Crippen LogP) is 6.30. The second-order valence-electron chi connectivity index (χ2n) is 13.6. The van der Waals surface area contributed by atoms with Crippen molar-refractivity contribution in [2.24, 2.45) is 7.05 Å². The zero-order valence-electron chi connectivity index (χ0n) is 25.6. The number of ether oxygens (including phenoxy) is 2. The molecule has 1 atom stereocenters. The molecule has 0 radical (unpaired) electrons. The lowest BCUT2D eigenvalue weighted by molar-refractivity contribution is -0.135. The number of imidazole rings is 1. The number of fused-ring (bicyclic) bond motifs is 4. The molecule has 2 saturated heterocycles. The average molecular weight is 551 g/mol. The lowest BCUT2D eigenvalue weighted by Gasteiger charge is -2.46. The minimum absolute atomic E-state index is 0.196. The first-order valence-corrected chi connectivity index (χ1v) is 14.9. The van der Waals surface area contributed by atoms with Crippen LogP contribution in [0.2, 0.25) is 0 Å². The SMILES string of the molecule is CCCC(=O)N1CCC2(CC1)Oc1cc(C)ccc1-c1nc([C@@H]3CCN(C(=O)OC(C)(C)C)C(C)(C)C3)n(C)c12. The van der Waals surface area contributed by atoms with E-state index in [4.69, 9.17) is 14.5 Å². The normalized spacial score (nSPS) is 21.4. The maximum atomic E-state index is 13.0. The van der Waals surface area contributed by atoms with Gasteiger partial charge in [0.1, 0.15) is 17.2 Å². The van der Waals surface area contributed by atoms with E-state index < -0.39 is 11.2 Å². The molecule has 0 aliphatic carbocycles. The van der Waals surface area contributed by atoms with Crippen LogP contribution in [0.1, 0.15) is 103 Å². The highest BCUT2D eigenvalue weighted by Gasteiger charge is 2.49. The summed E-state index contributed by atoms with van der Waals surface area (Å²) in [5.74, 6) is 2.35. The maximum absolute atomic E-state index is 13.0. The highest BCUT2D eigenvalue weighted by atomic mass is 16.6. The molecule has 2 aromatic rings. The first kappa shape index (κ1) is 28.5. The van der Waals surface area contributed by atoms with E-state index in [0.717, 1.165) is 66.2 Å².